The standard InChI is InChI=1S/C13H16ClN3O3/c1-9-8-15-4-5-16(9)13(18)6-10-2-3-11(17(19)20)7-12(10)14/h2-3,7,9,15H,4-6,8H2,1H3/t9-/m0/s1. The highest BCUT2D eigenvalue weighted by molar-refractivity contribution is 6.31. The van der Waals surface area contributed by atoms with Crippen molar-refractivity contribution >= 4 is 23.2 Å². The molecule has 1 N–H and O–H groups in total. The Kier molecular flexibility index (Phi) is 4.57. The molecule has 2 rings (SSSR count). The second-order valence-corrected chi connectivity index (χ2v) is 5.26. The van der Waals surface area contributed by atoms with Gasteiger partial charge >= 0.3 is 0 Å². The van der Waals surface area contributed by atoms with Gasteiger partial charge in [-0.1, -0.05) is 17.7 Å². The third-order valence-corrected chi connectivity index (χ3v) is 3.76. The third kappa shape index (κ3) is 3.26. The average Bonchev–Trinajstić information content (AvgIpc) is 2.41. The van der Waals surface area contributed by atoms with E-state index in [1.165, 1.54) is 12.1 Å². The summed E-state index contributed by atoms with van der Waals surface area (Å²) in [6, 6.07) is 4.35. The molecule has 0 unspecified atom stereocenters. The summed E-state index contributed by atoms with van der Waals surface area (Å²) < 4.78 is 0. The fraction of sp³-hybridized carbons (Fsp3) is 0.462. The van der Waals surface area contributed by atoms with E-state index in [0.717, 1.165) is 13.1 Å². The van der Waals surface area contributed by atoms with Crippen LogP contribution in [0.25, 0.3) is 0 Å². The van der Waals surface area contributed by atoms with Crippen molar-refractivity contribution in [2.24, 2.45) is 0 Å². The Morgan fingerprint density at radius 3 is 2.95 bits per heavy atom. The lowest BCUT2D eigenvalue weighted by molar-refractivity contribution is -0.384. The fourth-order valence-electron chi connectivity index (χ4n) is 2.27. The average molecular weight is 298 g/mol. The highest BCUT2D eigenvalue weighted by atomic mass is 35.5. The maximum atomic E-state index is 12.3. The summed E-state index contributed by atoms with van der Waals surface area (Å²) in [6.45, 7) is 4.22. The van der Waals surface area contributed by atoms with Gasteiger partial charge < -0.3 is 10.2 Å². The predicted octanol–water partition coefficient (Wildman–Crippen LogP) is 1.61. The summed E-state index contributed by atoms with van der Waals surface area (Å²) in [5, 5.41) is 14.1. The van der Waals surface area contributed by atoms with Gasteiger partial charge in [0.1, 0.15) is 0 Å². The molecular formula is C13H16ClN3O3. The highest BCUT2D eigenvalue weighted by Gasteiger charge is 2.23. The van der Waals surface area contributed by atoms with E-state index in [2.05, 4.69) is 5.32 Å². The molecule has 7 heteroatoms. The Morgan fingerprint density at radius 2 is 2.35 bits per heavy atom. The minimum Gasteiger partial charge on any atom is -0.337 e. The summed E-state index contributed by atoms with van der Waals surface area (Å²) >= 11 is 6.01. The zero-order chi connectivity index (χ0) is 14.7. The smallest absolute Gasteiger partial charge is 0.270 e. The van der Waals surface area contributed by atoms with Crippen molar-refractivity contribution in [1.29, 1.82) is 0 Å². The van der Waals surface area contributed by atoms with Gasteiger partial charge in [-0.2, -0.15) is 0 Å². The summed E-state index contributed by atoms with van der Waals surface area (Å²) in [4.78, 5) is 24.2. The highest BCUT2D eigenvalue weighted by Crippen LogP contribution is 2.23. The SMILES string of the molecule is C[C@H]1CNCCN1C(=O)Cc1ccc([N+](=O)[O-])cc1Cl. The minimum atomic E-state index is -0.504. The van der Waals surface area contributed by atoms with Crippen LogP contribution in [-0.2, 0) is 11.2 Å². The molecule has 0 spiro atoms. The van der Waals surface area contributed by atoms with Crippen LogP contribution in [-0.4, -0.2) is 41.4 Å². The third-order valence-electron chi connectivity index (χ3n) is 3.41. The van der Waals surface area contributed by atoms with Gasteiger partial charge in [0.05, 0.1) is 16.4 Å². The number of piperazine rings is 1. The van der Waals surface area contributed by atoms with E-state index < -0.39 is 4.92 Å². The van der Waals surface area contributed by atoms with Crippen molar-refractivity contribution in [3.63, 3.8) is 0 Å². The number of nitrogens with one attached hydrogen (secondary N) is 1. The Hall–Kier alpha value is -1.66. The zero-order valence-electron chi connectivity index (χ0n) is 11.1. The van der Waals surface area contributed by atoms with Crippen LogP contribution in [0, 0.1) is 10.1 Å². The lowest BCUT2D eigenvalue weighted by atomic mass is 10.1. The number of nitro benzene ring substituents is 1. The molecule has 1 heterocycles. The molecule has 0 aromatic heterocycles. The molecule has 0 aliphatic carbocycles. The van der Waals surface area contributed by atoms with Crippen LogP contribution in [0.2, 0.25) is 5.02 Å². The number of hydrogen-bond donors (Lipinski definition) is 1. The molecule has 0 bridgehead atoms. The van der Waals surface area contributed by atoms with Crippen LogP contribution in [0.1, 0.15) is 12.5 Å². The summed E-state index contributed by atoms with van der Waals surface area (Å²) in [5.41, 5.74) is 0.551. The first kappa shape index (κ1) is 14.7. The van der Waals surface area contributed by atoms with Gasteiger partial charge in [-0.15, -0.1) is 0 Å². The molecule has 1 fully saturated rings. The summed E-state index contributed by atoms with van der Waals surface area (Å²) in [7, 11) is 0. The number of hydrogen-bond acceptors (Lipinski definition) is 4. The maximum Gasteiger partial charge on any atom is 0.270 e. The van der Waals surface area contributed by atoms with Crippen LogP contribution in [0.3, 0.4) is 0 Å². The number of carbonyl (C=O) groups is 1. The van der Waals surface area contributed by atoms with Crippen molar-refractivity contribution in [2.75, 3.05) is 19.6 Å². The van der Waals surface area contributed by atoms with E-state index in [9.17, 15) is 14.9 Å². The maximum absolute atomic E-state index is 12.3. The van der Waals surface area contributed by atoms with Crippen molar-refractivity contribution in [1.82, 2.24) is 10.2 Å². The first-order valence-corrected chi connectivity index (χ1v) is 6.80. The number of benzene rings is 1. The largest absolute Gasteiger partial charge is 0.337 e. The van der Waals surface area contributed by atoms with Gasteiger partial charge in [-0.05, 0) is 12.5 Å². The normalized spacial score (nSPS) is 18.9. The predicted molar refractivity (Wildman–Crippen MR) is 75.9 cm³/mol. The van der Waals surface area contributed by atoms with Crippen LogP contribution >= 0.6 is 11.6 Å². The van der Waals surface area contributed by atoms with Gasteiger partial charge in [0.15, 0.2) is 0 Å². The molecular weight excluding hydrogens is 282 g/mol. The van der Waals surface area contributed by atoms with E-state index in [1.807, 2.05) is 11.8 Å². The van der Waals surface area contributed by atoms with Crippen molar-refractivity contribution in [3.05, 3.63) is 38.9 Å². The van der Waals surface area contributed by atoms with Gasteiger partial charge in [-0.3, -0.25) is 14.9 Å². The molecule has 1 aromatic rings. The molecule has 1 saturated heterocycles. The molecule has 1 aromatic carbocycles. The molecule has 1 aliphatic heterocycles. The van der Waals surface area contributed by atoms with E-state index in [-0.39, 0.29) is 29.1 Å². The summed E-state index contributed by atoms with van der Waals surface area (Å²) in [5.74, 6) is -0.00486. The Morgan fingerprint density at radius 1 is 1.60 bits per heavy atom. The molecule has 0 saturated carbocycles. The van der Waals surface area contributed by atoms with Gasteiger partial charge in [-0.25, -0.2) is 0 Å². The van der Waals surface area contributed by atoms with Gasteiger partial charge in [0.2, 0.25) is 5.91 Å². The van der Waals surface area contributed by atoms with Crippen molar-refractivity contribution in [3.8, 4) is 0 Å². The number of non-ortho nitro benzene ring substituents is 1. The van der Waals surface area contributed by atoms with Gasteiger partial charge in [0.25, 0.3) is 5.69 Å². The van der Waals surface area contributed by atoms with Gasteiger partial charge in [0, 0.05) is 37.8 Å². The molecule has 108 valence electrons. The van der Waals surface area contributed by atoms with E-state index in [0.29, 0.717) is 12.1 Å². The molecule has 0 radical (unpaired) electrons. The first-order valence-electron chi connectivity index (χ1n) is 6.42. The van der Waals surface area contributed by atoms with Crippen LogP contribution in [0.15, 0.2) is 18.2 Å². The lowest BCUT2D eigenvalue weighted by Gasteiger charge is -2.34. The number of amides is 1. The number of nitrogens with zero attached hydrogens (tertiary/aromatic N) is 2. The second kappa shape index (κ2) is 6.19. The molecule has 20 heavy (non-hydrogen) atoms. The molecule has 1 atom stereocenters. The number of rotatable bonds is 3. The van der Waals surface area contributed by atoms with Crippen molar-refractivity contribution < 1.29 is 9.72 Å². The van der Waals surface area contributed by atoms with Crippen LogP contribution in [0.5, 0.6) is 0 Å². The Balaban J connectivity index is 2.09. The van der Waals surface area contributed by atoms with Crippen LogP contribution < -0.4 is 5.32 Å². The second-order valence-electron chi connectivity index (χ2n) is 4.85. The molecule has 6 nitrogen and oxygen atoms in total. The first-order chi connectivity index (χ1) is 9.49. The molecule has 1 aliphatic rings. The number of carbonyl (C=O) groups excluding carboxylic acids is 1. The lowest BCUT2D eigenvalue weighted by Crippen LogP contribution is -2.52. The van der Waals surface area contributed by atoms with E-state index in [4.69, 9.17) is 11.6 Å². The van der Waals surface area contributed by atoms with E-state index >= 15 is 0 Å². The summed E-state index contributed by atoms with van der Waals surface area (Å²) in [6.07, 6.45) is 0.168. The number of halogens is 1. The Bertz CT molecular complexity index is 536. The topological polar surface area (TPSA) is 75.5 Å². The van der Waals surface area contributed by atoms with Crippen molar-refractivity contribution in [2.45, 2.75) is 19.4 Å². The minimum absolute atomic E-state index is 0.00486. The monoisotopic (exact) mass is 297 g/mol. The molecule has 1 amide bonds. The number of nitro groups is 1. The van der Waals surface area contributed by atoms with Crippen LogP contribution in [0.4, 0.5) is 5.69 Å². The van der Waals surface area contributed by atoms with E-state index in [1.54, 1.807) is 6.07 Å². The zero-order valence-corrected chi connectivity index (χ0v) is 11.9. The Labute approximate surface area is 121 Å². The fourth-order valence-corrected chi connectivity index (χ4v) is 2.51. The quantitative estimate of drug-likeness (QED) is 0.679.